The van der Waals surface area contributed by atoms with E-state index in [0.717, 1.165) is 22.5 Å². The lowest BCUT2D eigenvalue weighted by Crippen LogP contribution is -2.12. The zero-order valence-electron chi connectivity index (χ0n) is 12.1. The molecule has 2 N–H and O–H groups in total. The molecular weight excluding hydrogens is 346 g/mol. The van der Waals surface area contributed by atoms with Crippen LogP contribution in [-0.4, -0.2) is 31.9 Å². The van der Waals surface area contributed by atoms with Crippen LogP contribution >= 0.6 is 23.4 Å². The quantitative estimate of drug-likeness (QED) is 0.373. The maximum atomic E-state index is 11.9. The summed E-state index contributed by atoms with van der Waals surface area (Å²) in [4.78, 5) is 22.7. The molecule has 1 heterocycles. The zero-order chi connectivity index (χ0) is 17.1. The second-order valence-electron chi connectivity index (χ2n) is 4.64. The number of nitro groups is 1. The lowest BCUT2D eigenvalue weighted by Gasteiger charge is -2.10. The molecule has 0 fully saturated rings. The fraction of sp³-hybridized carbons (Fsp3) is 0.250. The van der Waals surface area contributed by atoms with Gasteiger partial charge in [-0.25, -0.2) is 9.47 Å². The van der Waals surface area contributed by atoms with E-state index in [9.17, 15) is 14.9 Å². The predicted molar refractivity (Wildman–Crippen MR) is 83.0 cm³/mol. The van der Waals surface area contributed by atoms with Crippen molar-refractivity contribution in [3.8, 4) is 0 Å². The summed E-state index contributed by atoms with van der Waals surface area (Å²) in [5.74, 6) is 4.89. The number of carbonyl (C=O) groups is 1. The van der Waals surface area contributed by atoms with Gasteiger partial charge in [0.2, 0.25) is 5.16 Å². The molecule has 0 unspecified atom stereocenters. The van der Waals surface area contributed by atoms with Gasteiger partial charge in [-0.3, -0.25) is 10.1 Å². The SMILES string of the molecule is CC(C)OC(=O)c1cc(Cl)c(Sc2nncn2N)c([N+](=O)[O-])c1. The average Bonchev–Trinajstić information content (AvgIpc) is 2.85. The van der Waals surface area contributed by atoms with Crippen molar-refractivity contribution in [1.82, 2.24) is 14.9 Å². The smallest absolute Gasteiger partial charge is 0.338 e. The molecule has 0 radical (unpaired) electrons. The lowest BCUT2D eigenvalue weighted by molar-refractivity contribution is -0.387. The number of nitrogens with zero attached hydrogens (tertiary/aromatic N) is 4. The molecule has 0 atom stereocenters. The molecule has 0 aliphatic heterocycles. The molecule has 11 heteroatoms. The van der Waals surface area contributed by atoms with E-state index in [4.69, 9.17) is 22.2 Å². The van der Waals surface area contributed by atoms with E-state index in [-0.39, 0.29) is 32.4 Å². The monoisotopic (exact) mass is 357 g/mol. The summed E-state index contributed by atoms with van der Waals surface area (Å²) in [6, 6.07) is 2.41. The second-order valence-corrected chi connectivity index (χ2v) is 6.03. The predicted octanol–water partition coefficient (Wildman–Crippen LogP) is 2.27. The minimum absolute atomic E-state index is 0.00559. The van der Waals surface area contributed by atoms with E-state index in [1.165, 1.54) is 12.4 Å². The first kappa shape index (κ1) is 17.0. The third kappa shape index (κ3) is 3.90. The molecule has 0 aliphatic rings. The van der Waals surface area contributed by atoms with Crippen molar-refractivity contribution in [3.05, 3.63) is 39.2 Å². The van der Waals surface area contributed by atoms with Crippen LogP contribution in [0.5, 0.6) is 0 Å². The summed E-state index contributed by atoms with van der Waals surface area (Å²) in [6.07, 6.45) is 0.890. The fourth-order valence-corrected chi connectivity index (χ4v) is 2.76. The molecule has 0 spiro atoms. The summed E-state index contributed by atoms with van der Waals surface area (Å²) in [5, 5.41) is 18.8. The summed E-state index contributed by atoms with van der Waals surface area (Å²) >= 11 is 6.97. The van der Waals surface area contributed by atoms with Crippen LogP contribution in [0.25, 0.3) is 0 Å². The van der Waals surface area contributed by atoms with Gasteiger partial charge in [-0.05, 0) is 31.7 Å². The van der Waals surface area contributed by atoms with Gasteiger partial charge < -0.3 is 10.6 Å². The number of nitrogens with two attached hydrogens (primary N) is 1. The van der Waals surface area contributed by atoms with Gasteiger partial charge in [-0.2, -0.15) is 0 Å². The maximum Gasteiger partial charge on any atom is 0.338 e. The Morgan fingerprint density at radius 3 is 2.74 bits per heavy atom. The molecule has 2 rings (SSSR count). The number of hydrogen-bond acceptors (Lipinski definition) is 8. The van der Waals surface area contributed by atoms with E-state index < -0.39 is 10.9 Å². The van der Waals surface area contributed by atoms with Gasteiger partial charge in [0.1, 0.15) is 11.2 Å². The number of nitrogen functional groups attached to an aromatic ring is 1. The Bertz CT molecular complexity index is 764. The van der Waals surface area contributed by atoms with Crippen LogP contribution in [0, 0.1) is 10.1 Å². The second kappa shape index (κ2) is 6.84. The molecule has 122 valence electrons. The Kier molecular flexibility index (Phi) is 5.06. The van der Waals surface area contributed by atoms with E-state index >= 15 is 0 Å². The number of nitro benzene ring substituents is 1. The van der Waals surface area contributed by atoms with Crippen LogP contribution in [0.4, 0.5) is 5.69 Å². The number of rotatable bonds is 5. The highest BCUT2D eigenvalue weighted by atomic mass is 35.5. The molecule has 1 aromatic carbocycles. The number of aromatic nitrogens is 3. The molecule has 23 heavy (non-hydrogen) atoms. The highest BCUT2D eigenvalue weighted by Gasteiger charge is 2.24. The third-order valence-electron chi connectivity index (χ3n) is 2.53. The first-order chi connectivity index (χ1) is 10.8. The highest BCUT2D eigenvalue weighted by Crippen LogP contribution is 2.39. The Labute approximate surface area is 139 Å². The number of benzene rings is 1. The molecule has 0 bridgehead atoms. The standard InChI is InChI=1S/C12H12ClN5O4S/c1-6(2)22-11(19)7-3-8(13)10(9(4-7)18(20)21)23-12-16-15-5-17(12)14/h3-6H,14H2,1-2H3. The van der Waals surface area contributed by atoms with Crippen LogP contribution in [0.3, 0.4) is 0 Å². The molecule has 0 saturated carbocycles. The molecule has 0 saturated heterocycles. The van der Waals surface area contributed by atoms with E-state index in [1.54, 1.807) is 13.8 Å². The first-order valence-corrected chi connectivity index (χ1v) is 7.51. The molecule has 2 aromatic rings. The molecule has 0 aliphatic carbocycles. The van der Waals surface area contributed by atoms with Crippen LogP contribution in [-0.2, 0) is 4.74 Å². The van der Waals surface area contributed by atoms with Crippen molar-refractivity contribution in [2.75, 3.05) is 5.84 Å². The minimum atomic E-state index is -0.691. The number of halogens is 1. The molecule has 9 nitrogen and oxygen atoms in total. The Morgan fingerprint density at radius 2 is 2.22 bits per heavy atom. The summed E-state index contributed by atoms with van der Waals surface area (Å²) < 4.78 is 6.12. The Hall–Kier alpha value is -2.33. The number of carbonyl (C=O) groups excluding carboxylic acids is 1. The number of esters is 1. The first-order valence-electron chi connectivity index (χ1n) is 6.31. The molecule has 1 aromatic heterocycles. The Morgan fingerprint density at radius 1 is 1.52 bits per heavy atom. The van der Waals surface area contributed by atoms with Crippen molar-refractivity contribution in [3.63, 3.8) is 0 Å². The van der Waals surface area contributed by atoms with Gasteiger partial charge >= 0.3 is 5.97 Å². The van der Waals surface area contributed by atoms with Crippen LogP contribution in [0.1, 0.15) is 24.2 Å². The largest absolute Gasteiger partial charge is 0.459 e. The summed E-state index contributed by atoms with van der Waals surface area (Å²) in [5.41, 5.74) is -0.352. The zero-order valence-corrected chi connectivity index (χ0v) is 13.7. The van der Waals surface area contributed by atoms with Gasteiger partial charge in [-0.1, -0.05) is 11.6 Å². The topological polar surface area (TPSA) is 126 Å². The van der Waals surface area contributed by atoms with E-state index in [2.05, 4.69) is 10.2 Å². The van der Waals surface area contributed by atoms with Gasteiger partial charge in [0.15, 0.2) is 0 Å². The van der Waals surface area contributed by atoms with E-state index in [0.29, 0.717) is 0 Å². The third-order valence-corrected chi connectivity index (χ3v) is 4.05. The minimum Gasteiger partial charge on any atom is -0.459 e. The van der Waals surface area contributed by atoms with Crippen LogP contribution < -0.4 is 5.84 Å². The Balaban J connectivity index is 2.45. The highest BCUT2D eigenvalue weighted by molar-refractivity contribution is 7.99. The summed E-state index contributed by atoms with van der Waals surface area (Å²) in [7, 11) is 0. The number of hydrogen-bond donors (Lipinski definition) is 1. The molecule has 0 amide bonds. The van der Waals surface area contributed by atoms with Gasteiger partial charge in [0.05, 0.1) is 21.6 Å². The van der Waals surface area contributed by atoms with Crippen LogP contribution in [0.2, 0.25) is 5.02 Å². The van der Waals surface area contributed by atoms with E-state index in [1.807, 2.05) is 0 Å². The van der Waals surface area contributed by atoms with Crippen LogP contribution in [0.15, 0.2) is 28.5 Å². The van der Waals surface area contributed by atoms with Gasteiger partial charge in [0, 0.05) is 6.07 Å². The number of ether oxygens (including phenoxy) is 1. The van der Waals surface area contributed by atoms with Crippen molar-refractivity contribution in [2.45, 2.75) is 30.0 Å². The molecular formula is C12H12ClN5O4S. The van der Waals surface area contributed by atoms with Crippen molar-refractivity contribution in [1.29, 1.82) is 0 Å². The van der Waals surface area contributed by atoms with Crippen molar-refractivity contribution in [2.24, 2.45) is 0 Å². The normalized spacial score (nSPS) is 10.8. The van der Waals surface area contributed by atoms with Gasteiger partial charge in [-0.15, -0.1) is 10.2 Å². The van der Waals surface area contributed by atoms with Gasteiger partial charge in [0.25, 0.3) is 5.69 Å². The lowest BCUT2D eigenvalue weighted by atomic mass is 10.2. The van der Waals surface area contributed by atoms with Crippen molar-refractivity contribution >= 4 is 35.0 Å². The fourth-order valence-electron chi connectivity index (χ4n) is 1.61. The maximum absolute atomic E-state index is 11.9. The summed E-state index contributed by atoms with van der Waals surface area (Å²) in [6.45, 7) is 3.35. The van der Waals surface area contributed by atoms with Crippen molar-refractivity contribution < 1.29 is 14.5 Å². The average molecular weight is 358 g/mol.